The van der Waals surface area contributed by atoms with Crippen LogP contribution in [0.4, 0.5) is 10.5 Å². The van der Waals surface area contributed by atoms with Crippen molar-refractivity contribution >= 4 is 17.6 Å². The van der Waals surface area contributed by atoms with Crippen LogP contribution < -0.4 is 21.5 Å². The number of nitrogens with one attached hydrogen (secondary N) is 1. The molecule has 0 aliphatic heterocycles. The van der Waals surface area contributed by atoms with Crippen molar-refractivity contribution < 1.29 is 14.3 Å². The summed E-state index contributed by atoms with van der Waals surface area (Å²) in [5, 5.41) is 1.96. The number of imide groups is 1. The number of anilines is 1. The number of carbonyl (C=O) groups excluding carboxylic acids is 2. The maximum Gasteiger partial charge on any atom is 0.318 e. The molecule has 0 radical (unpaired) electrons. The fraction of sp³-hybridized carbons (Fsp3) is 0.231. The molecule has 1 unspecified atom stereocenters. The summed E-state index contributed by atoms with van der Waals surface area (Å²) in [6.45, 7) is 5.16. The highest BCUT2D eigenvalue weighted by atomic mass is 16.5. The minimum absolute atomic E-state index is 0.515. The first-order chi connectivity index (χ1) is 8.93. The molecule has 6 nitrogen and oxygen atoms in total. The molecule has 0 saturated heterocycles. The first kappa shape index (κ1) is 14.6. The molecule has 1 aromatic carbocycles. The smallest absolute Gasteiger partial charge is 0.318 e. The second-order valence-electron chi connectivity index (χ2n) is 3.97. The molecule has 0 fully saturated rings. The molecule has 0 bridgehead atoms. The van der Waals surface area contributed by atoms with Crippen LogP contribution in [0.1, 0.15) is 12.5 Å². The van der Waals surface area contributed by atoms with Gasteiger partial charge in [-0.25, -0.2) is 4.79 Å². The predicted octanol–water partition coefficient (Wildman–Crippen LogP) is 0.959. The molecule has 0 saturated carbocycles. The van der Waals surface area contributed by atoms with E-state index in [1.165, 1.54) is 6.92 Å². The second-order valence-corrected chi connectivity index (χ2v) is 3.97. The lowest BCUT2D eigenvalue weighted by molar-refractivity contribution is -0.126. The molecule has 0 aromatic heterocycles. The third kappa shape index (κ3) is 4.34. The highest BCUT2D eigenvalue weighted by molar-refractivity contribution is 5.95. The zero-order valence-corrected chi connectivity index (χ0v) is 10.7. The van der Waals surface area contributed by atoms with Crippen LogP contribution in [-0.4, -0.2) is 18.0 Å². The van der Waals surface area contributed by atoms with Crippen LogP contribution in [-0.2, 0) is 11.2 Å². The Morgan fingerprint density at radius 2 is 2.21 bits per heavy atom. The Balaban J connectivity index is 2.83. The number of benzene rings is 1. The van der Waals surface area contributed by atoms with Crippen molar-refractivity contribution in [2.75, 3.05) is 5.73 Å². The van der Waals surface area contributed by atoms with E-state index in [1.54, 1.807) is 24.3 Å². The van der Waals surface area contributed by atoms with E-state index in [4.69, 9.17) is 16.2 Å². The molecule has 0 aliphatic carbocycles. The number of ether oxygens (including phenoxy) is 1. The zero-order chi connectivity index (χ0) is 14.4. The average molecular weight is 263 g/mol. The summed E-state index contributed by atoms with van der Waals surface area (Å²) in [6.07, 6.45) is 1.42. The van der Waals surface area contributed by atoms with Gasteiger partial charge in [-0.15, -0.1) is 6.58 Å². The van der Waals surface area contributed by atoms with Gasteiger partial charge in [0.25, 0.3) is 5.91 Å². The Hall–Kier alpha value is -2.50. The first-order valence-electron chi connectivity index (χ1n) is 5.70. The van der Waals surface area contributed by atoms with Gasteiger partial charge in [-0.05, 0) is 37.1 Å². The van der Waals surface area contributed by atoms with Crippen LogP contribution in [0.15, 0.2) is 30.9 Å². The molecule has 5 N–H and O–H groups in total. The third-order valence-electron chi connectivity index (χ3n) is 2.37. The molecule has 6 heteroatoms. The number of hydrogen-bond acceptors (Lipinski definition) is 4. The van der Waals surface area contributed by atoms with Crippen LogP contribution in [0, 0.1) is 0 Å². The number of nitrogen functional groups attached to an aromatic ring is 1. The summed E-state index contributed by atoms with van der Waals surface area (Å²) in [4.78, 5) is 22.1. The van der Waals surface area contributed by atoms with E-state index >= 15 is 0 Å². The van der Waals surface area contributed by atoms with Crippen LogP contribution in [0.5, 0.6) is 5.75 Å². The summed E-state index contributed by atoms with van der Waals surface area (Å²) in [7, 11) is 0. The quantitative estimate of drug-likeness (QED) is 0.543. The van der Waals surface area contributed by atoms with Gasteiger partial charge in [0.1, 0.15) is 5.75 Å². The van der Waals surface area contributed by atoms with Gasteiger partial charge in [-0.2, -0.15) is 0 Å². The number of rotatable bonds is 5. The van der Waals surface area contributed by atoms with Crippen molar-refractivity contribution in [2.45, 2.75) is 19.4 Å². The number of allylic oxidation sites excluding steroid dienone is 1. The minimum Gasteiger partial charge on any atom is -0.481 e. The monoisotopic (exact) mass is 263 g/mol. The fourth-order valence-corrected chi connectivity index (χ4v) is 1.50. The van der Waals surface area contributed by atoms with E-state index in [0.29, 0.717) is 17.9 Å². The van der Waals surface area contributed by atoms with Crippen molar-refractivity contribution in [3.63, 3.8) is 0 Å². The lowest BCUT2D eigenvalue weighted by Crippen LogP contribution is -2.42. The Labute approximate surface area is 111 Å². The van der Waals surface area contributed by atoms with Gasteiger partial charge in [0.15, 0.2) is 6.10 Å². The maximum atomic E-state index is 11.5. The number of amides is 3. The van der Waals surface area contributed by atoms with Gasteiger partial charge >= 0.3 is 6.03 Å². The highest BCUT2D eigenvalue weighted by Crippen LogP contribution is 2.23. The molecular formula is C13H17N3O3. The summed E-state index contributed by atoms with van der Waals surface area (Å²) >= 11 is 0. The standard InChI is InChI=1S/C13H17N3O3/c1-3-4-9-7-10(14)5-6-11(9)19-8(2)12(17)16-13(15)18/h3,5-8H,1,4,14H2,2H3,(H3,15,16,17,18). The Kier molecular flexibility index (Phi) is 4.93. The van der Waals surface area contributed by atoms with E-state index in [9.17, 15) is 9.59 Å². The Morgan fingerprint density at radius 1 is 1.53 bits per heavy atom. The van der Waals surface area contributed by atoms with Gasteiger partial charge in [-0.3, -0.25) is 10.1 Å². The number of urea groups is 1. The van der Waals surface area contributed by atoms with Gasteiger partial charge in [-0.1, -0.05) is 6.08 Å². The molecule has 1 atom stereocenters. The van der Waals surface area contributed by atoms with Crippen molar-refractivity contribution in [1.82, 2.24) is 5.32 Å². The molecule has 1 aromatic rings. The topological polar surface area (TPSA) is 107 Å². The first-order valence-corrected chi connectivity index (χ1v) is 5.70. The maximum absolute atomic E-state index is 11.5. The molecule has 0 spiro atoms. The molecule has 0 aliphatic rings. The predicted molar refractivity (Wildman–Crippen MR) is 72.6 cm³/mol. The number of nitrogens with two attached hydrogens (primary N) is 2. The fourth-order valence-electron chi connectivity index (χ4n) is 1.50. The van der Waals surface area contributed by atoms with Gasteiger partial charge in [0.05, 0.1) is 0 Å². The number of hydrogen-bond donors (Lipinski definition) is 3. The van der Waals surface area contributed by atoms with Crippen molar-refractivity contribution in [3.8, 4) is 5.75 Å². The lowest BCUT2D eigenvalue weighted by Gasteiger charge is -2.16. The zero-order valence-electron chi connectivity index (χ0n) is 10.7. The second kappa shape index (κ2) is 6.44. The van der Waals surface area contributed by atoms with Gasteiger partial charge in [0.2, 0.25) is 0 Å². The summed E-state index contributed by atoms with van der Waals surface area (Å²) in [6, 6.07) is 4.17. The molecule has 102 valence electrons. The average Bonchev–Trinajstić information content (AvgIpc) is 2.32. The highest BCUT2D eigenvalue weighted by Gasteiger charge is 2.17. The molecule has 19 heavy (non-hydrogen) atoms. The van der Waals surface area contributed by atoms with Gasteiger partial charge in [0, 0.05) is 5.69 Å². The van der Waals surface area contributed by atoms with Gasteiger partial charge < -0.3 is 16.2 Å². The molecular weight excluding hydrogens is 246 g/mol. The minimum atomic E-state index is -0.913. The molecule has 0 heterocycles. The van der Waals surface area contributed by atoms with E-state index in [-0.39, 0.29) is 0 Å². The largest absolute Gasteiger partial charge is 0.481 e. The van der Waals surface area contributed by atoms with Crippen LogP contribution >= 0.6 is 0 Å². The van der Waals surface area contributed by atoms with E-state index in [1.807, 2.05) is 5.32 Å². The Bertz CT molecular complexity index is 500. The van der Waals surface area contributed by atoms with E-state index in [2.05, 4.69) is 6.58 Å². The number of primary amides is 1. The van der Waals surface area contributed by atoms with Crippen LogP contribution in [0.3, 0.4) is 0 Å². The summed E-state index contributed by atoms with van der Waals surface area (Å²) in [5.74, 6) is -0.0879. The van der Waals surface area contributed by atoms with E-state index < -0.39 is 18.0 Å². The van der Waals surface area contributed by atoms with Crippen molar-refractivity contribution in [1.29, 1.82) is 0 Å². The Morgan fingerprint density at radius 3 is 2.79 bits per heavy atom. The van der Waals surface area contributed by atoms with E-state index in [0.717, 1.165) is 5.56 Å². The summed E-state index contributed by atoms with van der Waals surface area (Å²) < 4.78 is 5.49. The molecule has 3 amide bonds. The van der Waals surface area contributed by atoms with Crippen LogP contribution in [0.25, 0.3) is 0 Å². The van der Waals surface area contributed by atoms with Crippen LogP contribution in [0.2, 0.25) is 0 Å². The summed E-state index contributed by atoms with van der Waals surface area (Å²) in [5.41, 5.74) is 12.0. The third-order valence-corrected chi connectivity index (χ3v) is 2.37. The SMILES string of the molecule is C=CCc1cc(N)ccc1OC(C)C(=O)NC(N)=O. The van der Waals surface area contributed by atoms with Crippen molar-refractivity contribution in [2.24, 2.45) is 5.73 Å². The lowest BCUT2D eigenvalue weighted by atomic mass is 10.1. The molecule has 1 rings (SSSR count). The van der Waals surface area contributed by atoms with Crippen molar-refractivity contribution in [3.05, 3.63) is 36.4 Å². The number of carbonyl (C=O) groups is 2. The normalized spacial score (nSPS) is 11.4.